The van der Waals surface area contributed by atoms with Crippen molar-refractivity contribution < 1.29 is 27.4 Å². The summed E-state index contributed by atoms with van der Waals surface area (Å²) in [6.45, 7) is 0.629. The van der Waals surface area contributed by atoms with E-state index in [1.54, 1.807) is 0 Å². The number of carbonyl (C=O) groups excluding carboxylic acids is 1. The molecule has 0 saturated heterocycles. The summed E-state index contributed by atoms with van der Waals surface area (Å²) < 4.78 is 47.3. The van der Waals surface area contributed by atoms with Crippen LogP contribution in [0, 0.1) is 0 Å². The van der Waals surface area contributed by atoms with E-state index in [-0.39, 0.29) is 38.1 Å². The van der Waals surface area contributed by atoms with E-state index in [1.165, 1.54) is 19.2 Å². The molecular weight excluding hydrogens is 301 g/mol. The molecule has 0 spiro atoms. The third kappa shape index (κ3) is 6.31. The first kappa shape index (κ1) is 18.2. The summed E-state index contributed by atoms with van der Waals surface area (Å²) in [5.74, 6) is 0.0762. The van der Waals surface area contributed by atoms with Crippen molar-refractivity contribution >= 4 is 5.91 Å². The maximum absolute atomic E-state index is 12.4. The molecule has 0 saturated carbocycles. The number of nitrogens with two attached hydrogens (primary N) is 1. The molecule has 0 aliphatic heterocycles. The van der Waals surface area contributed by atoms with Crippen LogP contribution < -0.4 is 15.8 Å². The standard InChI is InChI=1S/C14H19F3N2O3/c1-21-12(9-18)8-13(20)19-6-7-22-11-4-2-10(3-5-11)14(15,16)17/h2-5,12H,6-9,18H2,1H3,(H,19,20). The van der Waals surface area contributed by atoms with Gasteiger partial charge in [-0.25, -0.2) is 0 Å². The molecular formula is C14H19F3N2O3. The summed E-state index contributed by atoms with van der Waals surface area (Å²) in [5, 5.41) is 2.61. The van der Waals surface area contributed by atoms with Crippen molar-refractivity contribution in [3.05, 3.63) is 29.8 Å². The van der Waals surface area contributed by atoms with Crippen molar-refractivity contribution in [2.24, 2.45) is 5.73 Å². The largest absolute Gasteiger partial charge is 0.492 e. The van der Waals surface area contributed by atoms with Gasteiger partial charge in [-0.15, -0.1) is 0 Å². The second kappa shape index (κ2) is 8.60. The van der Waals surface area contributed by atoms with Crippen molar-refractivity contribution in [1.82, 2.24) is 5.32 Å². The Bertz CT molecular complexity index is 459. The first-order valence-corrected chi connectivity index (χ1v) is 6.66. The summed E-state index contributed by atoms with van der Waals surface area (Å²) in [6, 6.07) is 4.36. The van der Waals surface area contributed by atoms with Crippen LogP contribution in [0.4, 0.5) is 13.2 Å². The highest BCUT2D eigenvalue weighted by molar-refractivity contribution is 5.76. The van der Waals surface area contributed by atoms with Crippen LogP contribution in [-0.4, -0.2) is 38.8 Å². The zero-order valence-corrected chi connectivity index (χ0v) is 12.2. The summed E-state index contributed by atoms with van der Waals surface area (Å²) in [6.07, 6.45) is -4.56. The van der Waals surface area contributed by atoms with E-state index in [9.17, 15) is 18.0 Å². The second-order valence-corrected chi connectivity index (χ2v) is 4.52. The van der Waals surface area contributed by atoms with Gasteiger partial charge in [0.25, 0.3) is 0 Å². The second-order valence-electron chi connectivity index (χ2n) is 4.52. The van der Waals surface area contributed by atoms with Gasteiger partial charge in [-0.05, 0) is 24.3 Å². The molecule has 0 heterocycles. The smallest absolute Gasteiger partial charge is 0.416 e. The molecule has 3 N–H and O–H groups in total. The maximum atomic E-state index is 12.4. The lowest BCUT2D eigenvalue weighted by Crippen LogP contribution is -2.34. The number of benzene rings is 1. The topological polar surface area (TPSA) is 73.6 Å². The Morgan fingerprint density at radius 2 is 1.95 bits per heavy atom. The fraction of sp³-hybridized carbons (Fsp3) is 0.500. The van der Waals surface area contributed by atoms with Crippen LogP contribution in [0.3, 0.4) is 0 Å². The summed E-state index contributed by atoms with van der Waals surface area (Å²) in [4.78, 5) is 11.5. The van der Waals surface area contributed by atoms with Gasteiger partial charge in [0.15, 0.2) is 0 Å². The third-order valence-corrected chi connectivity index (χ3v) is 2.88. The van der Waals surface area contributed by atoms with Crippen molar-refractivity contribution in [1.29, 1.82) is 0 Å². The highest BCUT2D eigenvalue weighted by Crippen LogP contribution is 2.30. The Balaban J connectivity index is 2.29. The lowest BCUT2D eigenvalue weighted by molar-refractivity contribution is -0.137. The molecule has 0 bridgehead atoms. The van der Waals surface area contributed by atoms with Crippen LogP contribution in [0.2, 0.25) is 0 Å². The molecule has 1 rings (SSSR count). The molecule has 1 atom stereocenters. The van der Waals surface area contributed by atoms with Crippen LogP contribution in [0.25, 0.3) is 0 Å². The summed E-state index contributed by atoms with van der Waals surface area (Å²) >= 11 is 0. The highest BCUT2D eigenvalue weighted by Gasteiger charge is 2.29. The number of carbonyl (C=O) groups is 1. The molecule has 1 amide bonds. The lowest BCUT2D eigenvalue weighted by atomic mass is 10.2. The first-order chi connectivity index (χ1) is 10.4. The molecule has 0 aromatic heterocycles. The number of ether oxygens (including phenoxy) is 2. The van der Waals surface area contributed by atoms with Gasteiger partial charge in [0, 0.05) is 13.7 Å². The molecule has 1 aromatic carbocycles. The average molecular weight is 320 g/mol. The Kier molecular flexibility index (Phi) is 7.13. The zero-order chi connectivity index (χ0) is 16.6. The predicted molar refractivity (Wildman–Crippen MR) is 74.4 cm³/mol. The molecule has 8 heteroatoms. The zero-order valence-electron chi connectivity index (χ0n) is 12.2. The van der Waals surface area contributed by atoms with Gasteiger partial charge in [-0.2, -0.15) is 13.2 Å². The first-order valence-electron chi connectivity index (χ1n) is 6.66. The number of halogens is 3. The van der Waals surface area contributed by atoms with E-state index in [0.29, 0.717) is 5.75 Å². The van der Waals surface area contributed by atoms with Gasteiger partial charge in [0.05, 0.1) is 24.6 Å². The SMILES string of the molecule is COC(CN)CC(=O)NCCOc1ccc(C(F)(F)F)cc1. The van der Waals surface area contributed by atoms with Gasteiger partial charge in [-0.3, -0.25) is 4.79 Å². The molecule has 1 aromatic rings. The molecule has 0 fully saturated rings. The van der Waals surface area contributed by atoms with E-state index < -0.39 is 11.7 Å². The van der Waals surface area contributed by atoms with Gasteiger partial charge in [-0.1, -0.05) is 0 Å². The fourth-order valence-corrected chi connectivity index (χ4v) is 1.64. The van der Waals surface area contributed by atoms with E-state index in [0.717, 1.165) is 12.1 Å². The molecule has 0 aliphatic rings. The van der Waals surface area contributed by atoms with Crippen molar-refractivity contribution in [2.45, 2.75) is 18.7 Å². The predicted octanol–water partition coefficient (Wildman–Crippen LogP) is 1.56. The van der Waals surface area contributed by atoms with Crippen LogP contribution in [0.1, 0.15) is 12.0 Å². The van der Waals surface area contributed by atoms with Crippen molar-refractivity contribution in [2.75, 3.05) is 26.8 Å². The van der Waals surface area contributed by atoms with Crippen LogP contribution in [0.15, 0.2) is 24.3 Å². The highest BCUT2D eigenvalue weighted by atomic mass is 19.4. The van der Waals surface area contributed by atoms with E-state index in [4.69, 9.17) is 15.2 Å². The monoisotopic (exact) mass is 320 g/mol. The summed E-state index contributed by atoms with van der Waals surface area (Å²) in [5.41, 5.74) is 4.66. The fourth-order valence-electron chi connectivity index (χ4n) is 1.64. The van der Waals surface area contributed by atoms with Crippen LogP contribution >= 0.6 is 0 Å². The molecule has 5 nitrogen and oxygen atoms in total. The molecule has 0 radical (unpaired) electrons. The van der Waals surface area contributed by atoms with Crippen molar-refractivity contribution in [3.63, 3.8) is 0 Å². The molecule has 124 valence electrons. The van der Waals surface area contributed by atoms with E-state index in [1.807, 2.05) is 0 Å². The minimum absolute atomic E-state index is 0.146. The minimum atomic E-state index is -4.37. The average Bonchev–Trinajstić information content (AvgIpc) is 2.48. The quantitative estimate of drug-likeness (QED) is 0.713. The number of nitrogens with one attached hydrogen (secondary N) is 1. The lowest BCUT2D eigenvalue weighted by Gasteiger charge is -2.13. The van der Waals surface area contributed by atoms with Crippen molar-refractivity contribution in [3.8, 4) is 5.75 Å². The van der Waals surface area contributed by atoms with Crippen LogP contribution in [-0.2, 0) is 15.7 Å². The Morgan fingerprint density at radius 3 is 2.45 bits per heavy atom. The number of hydrogen-bond acceptors (Lipinski definition) is 4. The van der Waals surface area contributed by atoms with Gasteiger partial charge >= 0.3 is 6.18 Å². The maximum Gasteiger partial charge on any atom is 0.416 e. The number of amides is 1. The van der Waals surface area contributed by atoms with Crippen LogP contribution in [0.5, 0.6) is 5.75 Å². The number of alkyl halides is 3. The number of methoxy groups -OCH3 is 1. The Labute approximate surface area is 126 Å². The van der Waals surface area contributed by atoms with E-state index >= 15 is 0 Å². The Morgan fingerprint density at radius 1 is 1.32 bits per heavy atom. The van der Waals surface area contributed by atoms with Gasteiger partial charge in [0.1, 0.15) is 12.4 Å². The minimum Gasteiger partial charge on any atom is -0.492 e. The Hall–Kier alpha value is -1.80. The third-order valence-electron chi connectivity index (χ3n) is 2.88. The van der Waals surface area contributed by atoms with Gasteiger partial charge in [0.2, 0.25) is 5.91 Å². The number of rotatable bonds is 8. The molecule has 0 aliphatic carbocycles. The number of hydrogen-bond donors (Lipinski definition) is 2. The molecule has 1 unspecified atom stereocenters. The normalized spacial score (nSPS) is 12.8. The van der Waals surface area contributed by atoms with Gasteiger partial charge < -0.3 is 20.5 Å². The molecule has 22 heavy (non-hydrogen) atoms. The summed E-state index contributed by atoms with van der Waals surface area (Å²) in [7, 11) is 1.47. The van der Waals surface area contributed by atoms with E-state index in [2.05, 4.69) is 5.32 Å².